The van der Waals surface area contributed by atoms with E-state index in [0.29, 0.717) is 18.5 Å². The van der Waals surface area contributed by atoms with Gasteiger partial charge < -0.3 is 14.5 Å². The van der Waals surface area contributed by atoms with Gasteiger partial charge in [0.25, 0.3) is 0 Å². The SMILES string of the molecule is Cc1cc(CNc2nnc(C3CCCO3)o2)ccc1-n1cncn1. The van der Waals surface area contributed by atoms with Gasteiger partial charge in [-0.25, -0.2) is 9.67 Å². The van der Waals surface area contributed by atoms with E-state index in [-0.39, 0.29) is 6.10 Å². The molecule has 1 aliphatic heterocycles. The molecule has 0 bridgehead atoms. The number of anilines is 1. The van der Waals surface area contributed by atoms with Gasteiger partial charge in [-0.15, -0.1) is 5.10 Å². The summed E-state index contributed by atoms with van der Waals surface area (Å²) in [6, 6.07) is 6.57. The van der Waals surface area contributed by atoms with Crippen LogP contribution in [0.25, 0.3) is 5.69 Å². The van der Waals surface area contributed by atoms with Crippen molar-refractivity contribution in [3.05, 3.63) is 47.9 Å². The Labute approximate surface area is 138 Å². The van der Waals surface area contributed by atoms with E-state index in [4.69, 9.17) is 9.15 Å². The number of benzene rings is 1. The van der Waals surface area contributed by atoms with Crippen LogP contribution in [0.5, 0.6) is 0 Å². The Bertz CT molecular complexity index is 808. The molecule has 124 valence electrons. The Morgan fingerprint density at radius 1 is 1.33 bits per heavy atom. The lowest BCUT2D eigenvalue weighted by atomic mass is 10.1. The number of hydrogen-bond donors (Lipinski definition) is 1. The van der Waals surface area contributed by atoms with E-state index in [9.17, 15) is 0 Å². The summed E-state index contributed by atoms with van der Waals surface area (Å²) in [6.45, 7) is 3.40. The van der Waals surface area contributed by atoms with E-state index in [1.54, 1.807) is 11.0 Å². The second kappa shape index (κ2) is 6.40. The summed E-state index contributed by atoms with van der Waals surface area (Å²) in [4.78, 5) is 3.97. The fourth-order valence-electron chi connectivity index (χ4n) is 2.80. The van der Waals surface area contributed by atoms with E-state index in [2.05, 4.69) is 31.7 Å². The molecule has 3 aromatic rings. The molecule has 1 aliphatic rings. The van der Waals surface area contributed by atoms with Crippen molar-refractivity contribution in [2.24, 2.45) is 0 Å². The lowest BCUT2D eigenvalue weighted by Crippen LogP contribution is -2.02. The molecule has 1 saturated heterocycles. The molecule has 0 amide bonds. The van der Waals surface area contributed by atoms with Crippen LogP contribution in [0.3, 0.4) is 0 Å². The average molecular weight is 326 g/mol. The number of aromatic nitrogens is 5. The maximum Gasteiger partial charge on any atom is 0.315 e. The van der Waals surface area contributed by atoms with E-state index in [1.165, 1.54) is 6.33 Å². The molecule has 0 saturated carbocycles. The zero-order valence-electron chi connectivity index (χ0n) is 13.3. The number of hydrogen-bond acceptors (Lipinski definition) is 7. The molecular formula is C16H18N6O2. The molecule has 8 nitrogen and oxygen atoms in total. The molecule has 3 heterocycles. The fraction of sp³-hybridized carbons (Fsp3) is 0.375. The number of nitrogens with zero attached hydrogens (tertiary/aromatic N) is 5. The quantitative estimate of drug-likeness (QED) is 0.770. The first kappa shape index (κ1) is 14.8. The van der Waals surface area contributed by atoms with Gasteiger partial charge >= 0.3 is 6.01 Å². The van der Waals surface area contributed by atoms with Crippen molar-refractivity contribution in [3.8, 4) is 5.69 Å². The van der Waals surface area contributed by atoms with Crippen LogP contribution >= 0.6 is 0 Å². The van der Waals surface area contributed by atoms with Crippen molar-refractivity contribution < 1.29 is 9.15 Å². The molecule has 0 spiro atoms. The van der Waals surface area contributed by atoms with Crippen molar-refractivity contribution in [2.45, 2.75) is 32.4 Å². The molecule has 8 heteroatoms. The molecular weight excluding hydrogens is 308 g/mol. The highest BCUT2D eigenvalue weighted by atomic mass is 16.5. The first-order chi connectivity index (χ1) is 11.8. The topological polar surface area (TPSA) is 90.9 Å². The van der Waals surface area contributed by atoms with Crippen LogP contribution in [-0.4, -0.2) is 31.6 Å². The standard InChI is InChI=1S/C16H18N6O2/c1-11-7-12(4-5-13(11)22-10-17-9-19-22)8-18-16-21-20-15(24-16)14-3-2-6-23-14/h4-5,7,9-10,14H,2-3,6,8H2,1H3,(H,18,21). The van der Waals surface area contributed by atoms with Crippen LogP contribution in [0, 0.1) is 6.92 Å². The van der Waals surface area contributed by atoms with Crippen LogP contribution in [0.4, 0.5) is 6.01 Å². The van der Waals surface area contributed by atoms with E-state index in [1.807, 2.05) is 19.1 Å². The summed E-state index contributed by atoms with van der Waals surface area (Å²) in [7, 11) is 0. The normalized spacial score (nSPS) is 17.3. The van der Waals surface area contributed by atoms with Gasteiger partial charge in [-0.05, 0) is 37.0 Å². The molecule has 24 heavy (non-hydrogen) atoms. The van der Waals surface area contributed by atoms with Crippen LogP contribution in [0.15, 0.2) is 35.3 Å². The molecule has 2 aromatic heterocycles. The largest absolute Gasteiger partial charge is 0.405 e. The molecule has 1 aromatic carbocycles. The summed E-state index contributed by atoms with van der Waals surface area (Å²) in [5.74, 6) is 0.549. The smallest absolute Gasteiger partial charge is 0.315 e. The van der Waals surface area contributed by atoms with Gasteiger partial charge in [0, 0.05) is 13.2 Å². The second-order valence-electron chi connectivity index (χ2n) is 5.76. The minimum absolute atomic E-state index is 0.0581. The van der Waals surface area contributed by atoms with E-state index in [0.717, 1.165) is 36.3 Å². The third kappa shape index (κ3) is 3.00. The van der Waals surface area contributed by atoms with Crippen molar-refractivity contribution in [2.75, 3.05) is 11.9 Å². The van der Waals surface area contributed by atoms with E-state index >= 15 is 0 Å². The van der Waals surface area contributed by atoms with Gasteiger partial charge in [-0.3, -0.25) is 0 Å². The number of rotatable bonds is 5. The number of ether oxygens (including phenoxy) is 1. The Hall–Kier alpha value is -2.74. The monoisotopic (exact) mass is 326 g/mol. The summed E-state index contributed by atoms with van der Waals surface area (Å²) < 4.78 is 12.9. The molecule has 1 atom stereocenters. The molecule has 1 fully saturated rings. The molecule has 1 unspecified atom stereocenters. The van der Waals surface area contributed by atoms with Crippen LogP contribution in [0.2, 0.25) is 0 Å². The Balaban J connectivity index is 1.41. The predicted molar refractivity (Wildman–Crippen MR) is 85.6 cm³/mol. The number of aryl methyl sites for hydroxylation is 1. The van der Waals surface area contributed by atoms with Gasteiger partial charge in [-0.2, -0.15) is 5.10 Å². The van der Waals surface area contributed by atoms with Crippen molar-refractivity contribution in [1.82, 2.24) is 25.0 Å². The Morgan fingerprint density at radius 3 is 3.04 bits per heavy atom. The Kier molecular flexibility index (Phi) is 3.96. The Morgan fingerprint density at radius 2 is 2.29 bits per heavy atom. The zero-order valence-corrected chi connectivity index (χ0v) is 13.3. The van der Waals surface area contributed by atoms with Crippen LogP contribution < -0.4 is 5.32 Å². The van der Waals surface area contributed by atoms with Gasteiger partial charge in [0.15, 0.2) is 0 Å². The van der Waals surface area contributed by atoms with Crippen molar-refractivity contribution >= 4 is 6.01 Å². The predicted octanol–water partition coefficient (Wildman–Crippen LogP) is 2.42. The van der Waals surface area contributed by atoms with Crippen LogP contribution in [0.1, 0.15) is 36.0 Å². The summed E-state index contributed by atoms with van der Waals surface area (Å²) in [5.41, 5.74) is 3.24. The van der Waals surface area contributed by atoms with Gasteiger partial charge in [0.1, 0.15) is 18.8 Å². The highest BCUT2D eigenvalue weighted by Gasteiger charge is 2.23. The zero-order chi connectivity index (χ0) is 16.4. The third-order valence-electron chi connectivity index (χ3n) is 4.02. The minimum atomic E-state index is -0.0581. The average Bonchev–Trinajstić information content (AvgIpc) is 3.33. The fourth-order valence-corrected chi connectivity index (χ4v) is 2.80. The van der Waals surface area contributed by atoms with Gasteiger partial charge in [0.2, 0.25) is 5.89 Å². The van der Waals surface area contributed by atoms with Gasteiger partial charge in [0.05, 0.1) is 5.69 Å². The van der Waals surface area contributed by atoms with Crippen molar-refractivity contribution in [3.63, 3.8) is 0 Å². The first-order valence-electron chi connectivity index (χ1n) is 7.93. The maximum absolute atomic E-state index is 5.62. The molecule has 4 rings (SSSR count). The second-order valence-corrected chi connectivity index (χ2v) is 5.76. The van der Waals surface area contributed by atoms with Gasteiger partial charge in [-0.1, -0.05) is 17.2 Å². The van der Waals surface area contributed by atoms with E-state index < -0.39 is 0 Å². The molecule has 1 N–H and O–H groups in total. The highest BCUT2D eigenvalue weighted by molar-refractivity contribution is 5.42. The summed E-state index contributed by atoms with van der Waals surface area (Å²) >= 11 is 0. The van der Waals surface area contributed by atoms with Crippen molar-refractivity contribution in [1.29, 1.82) is 0 Å². The third-order valence-corrected chi connectivity index (χ3v) is 4.02. The molecule has 0 aliphatic carbocycles. The molecule has 0 radical (unpaired) electrons. The summed E-state index contributed by atoms with van der Waals surface area (Å²) in [6.07, 6.45) is 5.12. The summed E-state index contributed by atoms with van der Waals surface area (Å²) in [5, 5.41) is 15.4. The maximum atomic E-state index is 5.62. The number of nitrogens with one attached hydrogen (secondary N) is 1. The lowest BCUT2D eigenvalue weighted by molar-refractivity contribution is 0.0897. The highest BCUT2D eigenvalue weighted by Crippen LogP contribution is 2.28. The lowest BCUT2D eigenvalue weighted by Gasteiger charge is -2.08. The first-order valence-corrected chi connectivity index (χ1v) is 7.93. The minimum Gasteiger partial charge on any atom is -0.405 e. The van der Waals surface area contributed by atoms with Crippen LogP contribution in [-0.2, 0) is 11.3 Å².